The lowest BCUT2D eigenvalue weighted by Crippen LogP contribution is -2.40. The summed E-state index contributed by atoms with van der Waals surface area (Å²) in [4.78, 5) is 19.0. The van der Waals surface area contributed by atoms with Gasteiger partial charge in [0.2, 0.25) is 5.95 Å². The number of benzene rings is 1. The first-order valence-corrected chi connectivity index (χ1v) is 15.2. The number of nitrogens with one attached hydrogen (secondary N) is 2. The number of aliphatic hydroxyl groups is 3. The molecule has 0 aliphatic heterocycles. The molecule has 3 heterocycles. The maximum Gasteiger partial charge on any atom is 0.224 e. The third-order valence-corrected chi connectivity index (χ3v) is 9.61. The smallest absolute Gasteiger partial charge is 0.224 e. The van der Waals surface area contributed by atoms with Crippen LogP contribution in [-0.2, 0) is 0 Å². The molecule has 4 aromatic rings. The summed E-state index contributed by atoms with van der Waals surface area (Å²) in [6.07, 6.45) is 2.11. The van der Waals surface area contributed by atoms with E-state index in [9.17, 15) is 15.3 Å². The van der Waals surface area contributed by atoms with Crippen molar-refractivity contribution in [2.75, 3.05) is 23.8 Å². The van der Waals surface area contributed by atoms with Gasteiger partial charge in [0.1, 0.15) is 28.2 Å². The second kappa shape index (κ2) is 11.0. The molecule has 2 fully saturated rings. The molecule has 0 unspecified atom stereocenters. The molecule has 0 spiro atoms. The molecule has 5 N–H and O–H groups in total. The third kappa shape index (κ3) is 5.78. The molecule has 6 rings (SSSR count). The van der Waals surface area contributed by atoms with Gasteiger partial charge in [-0.2, -0.15) is 4.98 Å². The summed E-state index contributed by atoms with van der Waals surface area (Å²) in [6.45, 7) is 8.44. The first-order chi connectivity index (χ1) is 20.0. The Labute approximate surface area is 249 Å². The van der Waals surface area contributed by atoms with Crippen LogP contribution in [0.5, 0.6) is 5.75 Å². The van der Waals surface area contributed by atoms with Crippen LogP contribution in [0.2, 0.25) is 0 Å². The Morgan fingerprint density at radius 1 is 1.02 bits per heavy atom. The van der Waals surface area contributed by atoms with Crippen molar-refractivity contribution < 1.29 is 20.1 Å². The first kappa shape index (κ1) is 28.7. The number of hydrogen-bond acceptors (Lipinski definition) is 11. The maximum atomic E-state index is 11.0. The number of pyridine rings is 1. The highest BCUT2D eigenvalue weighted by Gasteiger charge is 2.48. The molecule has 4 atom stereocenters. The molecule has 0 saturated heterocycles. The lowest BCUT2D eigenvalue weighted by molar-refractivity contribution is -0.0601. The lowest BCUT2D eigenvalue weighted by Gasteiger charge is -2.28. The van der Waals surface area contributed by atoms with Crippen LogP contribution in [0.3, 0.4) is 0 Å². The molecular weight excluding hydrogens is 552 g/mol. The maximum absolute atomic E-state index is 11.0. The Hall–Kier alpha value is -3.38. The van der Waals surface area contributed by atoms with E-state index in [0.29, 0.717) is 31.3 Å². The topological polar surface area (TPSA) is 146 Å². The van der Waals surface area contributed by atoms with Crippen molar-refractivity contribution in [3.63, 3.8) is 0 Å². The Kier molecular flexibility index (Phi) is 7.55. The number of aryl methyl sites for hydroxylation is 2. The van der Waals surface area contributed by atoms with Gasteiger partial charge in [0.15, 0.2) is 0 Å². The van der Waals surface area contributed by atoms with Crippen LogP contribution in [0, 0.1) is 25.2 Å². The minimum absolute atomic E-state index is 0.0165. The van der Waals surface area contributed by atoms with E-state index >= 15 is 0 Å². The van der Waals surface area contributed by atoms with Gasteiger partial charge in [-0.05, 0) is 65.2 Å². The van der Waals surface area contributed by atoms with E-state index in [4.69, 9.17) is 19.7 Å². The van der Waals surface area contributed by atoms with Gasteiger partial charge >= 0.3 is 0 Å². The number of aliphatic hydroxyl groups excluding tert-OH is 2. The van der Waals surface area contributed by atoms with Gasteiger partial charge in [0.05, 0.1) is 46.0 Å². The zero-order valence-electron chi connectivity index (χ0n) is 24.3. The molecule has 10 nitrogen and oxygen atoms in total. The number of nitrogens with zero attached hydrogens (tertiary/aromatic N) is 4. The second-order valence-corrected chi connectivity index (χ2v) is 13.3. The summed E-state index contributed by atoms with van der Waals surface area (Å²) in [5, 5.41) is 39.9. The summed E-state index contributed by atoms with van der Waals surface area (Å²) < 4.78 is 7.07. The Balaban J connectivity index is 1.29. The van der Waals surface area contributed by atoms with Crippen LogP contribution in [0.25, 0.3) is 20.8 Å². The van der Waals surface area contributed by atoms with Gasteiger partial charge in [-0.15, -0.1) is 11.3 Å². The number of rotatable bonds is 10. The van der Waals surface area contributed by atoms with Crippen molar-refractivity contribution in [2.24, 2.45) is 11.3 Å². The van der Waals surface area contributed by atoms with E-state index in [1.807, 2.05) is 50.2 Å². The predicted octanol–water partition coefficient (Wildman–Crippen LogP) is 4.33. The summed E-state index contributed by atoms with van der Waals surface area (Å²) in [6, 6.07) is 11.2. The van der Waals surface area contributed by atoms with E-state index in [1.54, 1.807) is 20.0 Å². The Bertz CT molecular complexity index is 1570. The molecule has 0 amide bonds. The average Bonchev–Trinajstić information content (AvgIpc) is 3.50. The quantitative estimate of drug-likeness (QED) is 0.181. The number of fused-ring (bicyclic) bond motifs is 1. The molecule has 3 aromatic heterocycles. The fraction of sp³-hybridized carbons (Fsp3) is 0.484. The lowest BCUT2D eigenvalue weighted by atomic mass is 9.88. The minimum atomic E-state index is -1.15. The summed E-state index contributed by atoms with van der Waals surface area (Å²) in [5.41, 5.74) is 2.02. The minimum Gasteiger partial charge on any atom is -0.493 e. The van der Waals surface area contributed by atoms with Crippen LogP contribution >= 0.6 is 11.3 Å². The van der Waals surface area contributed by atoms with Crippen molar-refractivity contribution >= 4 is 33.3 Å². The molecule has 2 aliphatic carbocycles. The van der Waals surface area contributed by atoms with Crippen LogP contribution in [0.4, 0.5) is 11.8 Å². The number of para-hydroxylation sites is 1. The molecule has 0 radical (unpaired) electrons. The van der Waals surface area contributed by atoms with E-state index < -0.39 is 29.8 Å². The number of aromatic nitrogens is 4. The molecule has 2 saturated carbocycles. The van der Waals surface area contributed by atoms with Crippen LogP contribution < -0.4 is 15.4 Å². The van der Waals surface area contributed by atoms with Crippen molar-refractivity contribution in [3.05, 3.63) is 54.0 Å². The second-order valence-electron chi connectivity index (χ2n) is 12.3. The number of hydrogen-bond donors (Lipinski definition) is 5. The Morgan fingerprint density at radius 2 is 1.79 bits per heavy atom. The summed E-state index contributed by atoms with van der Waals surface area (Å²) >= 11 is 1.53. The third-order valence-electron chi connectivity index (χ3n) is 8.57. The highest BCUT2D eigenvalue weighted by Crippen LogP contribution is 2.46. The zero-order chi connectivity index (χ0) is 29.6. The average molecular weight is 591 g/mol. The van der Waals surface area contributed by atoms with Gasteiger partial charge < -0.3 is 30.7 Å². The van der Waals surface area contributed by atoms with Gasteiger partial charge in [-0.25, -0.2) is 9.97 Å². The molecule has 222 valence electrons. The number of anilines is 2. The van der Waals surface area contributed by atoms with E-state index in [2.05, 4.69) is 15.6 Å². The van der Waals surface area contributed by atoms with Crippen molar-refractivity contribution in [3.8, 4) is 16.3 Å². The normalized spacial score (nSPS) is 23.2. The first-order valence-electron chi connectivity index (χ1n) is 14.4. The Morgan fingerprint density at radius 3 is 2.45 bits per heavy atom. The van der Waals surface area contributed by atoms with Gasteiger partial charge in [0.25, 0.3) is 0 Å². The van der Waals surface area contributed by atoms with Gasteiger partial charge in [0, 0.05) is 24.1 Å². The van der Waals surface area contributed by atoms with Gasteiger partial charge in [-0.3, -0.25) is 4.98 Å². The van der Waals surface area contributed by atoms with E-state index in [0.717, 1.165) is 50.8 Å². The van der Waals surface area contributed by atoms with Crippen LogP contribution in [0.1, 0.15) is 44.5 Å². The summed E-state index contributed by atoms with van der Waals surface area (Å²) in [7, 11) is 0. The van der Waals surface area contributed by atoms with Crippen molar-refractivity contribution in [1.29, 1.82) is 0 Å². The largest absolute Gasteiger partial charge is 0.493 e. The van der Waals surface area contributed by atoms with Crippen molar-refractivity contribution in [2.45, 2.75) is 70.8 Å². The summed E-state index contributed by atoms with van der Waals surface area (Å²) in [5.74, 6) is 1.35. The zero-order valence-corrected chi connectivity index (χ0v) is 25.1. The molecule has 11 heteroatoms. The monoisotopic (exact) mass is 590 g/mol. The fourth-order valence-electron chi connectivity index (χ4n) is 5.72. The standard InChI is InChI=1S/C31H38N6O4S/c1-17-23(28-36-24-18(2)32-13-10-22(24)42-28)27(35-21-14-20(30(3,4)40)25(38)26(21)39)37-29(34-17)33-15-31(11-12-31)16-41-19-8-6-5-7-9-19/h5-10,13,20-21,25-26,38-40H,11-12,14-16H2,1-4H3,(H2,33,34,35,37)/t20-,21+,25+,26-/m0/s1. The highest BCUT2D eigenvalue weighted by atomic mass is 32.1. The van der Waals surface area contributed by atoms with Crippen LogP contribution in [-0.4, -0.2) is 72.3 Å². The van der Waals surface area contributed by atoms with Crippen LogP contribution in [0.15, 0.2) is 42.6 Å². The fourth-order valence-corrected chi connectivity index (χ4v) is 6.84. The molecule has 42 heavy (non-hydrogen) atoms. The highest BCUT2D eigenvalue weighted by molar-refractivity contribution is 7.21. The molecular formula is C31H38N6O4S. The SMILES string of the molecule is Cc1nc(NCC2(COc3ccccc3)CC2)nc(N[C@@H]2C[C@H](C(C)(C)O)[C@@H](O)[C@H]2O)c1-c1nc2c(C)nccc2s1. The number of ether oxygens (including phenoxy) is 1. The van der Waals surface area contributed by atoms with Gasteiger partial charge in [-0.1, -0.05) is 18.2 Å². The molecule has 0 bridgehead atoms. The molecule has 1 aromatic carbocycles. The van der Waals surface area contributed by atoms with E-state index in [-0.39, 0.29) is 5.41 Å². The molecule has 2 aliphatic rings. The van der Waals surface area contributed by atoms with E-state index in [1.165, 1.54) is 11.3 Å². The predicted molar refractivity (Wildman–Crippen MR) is 164 cm³/mol. The van der Waals surface area contributed by atoms with Crippen molar-refractivity contribution in [1.82, 2.24) is 19.9 Å². The number of thiazole rings is 1.